The third-order valence-electron chi connectivity index (χ3n) is 3.02. The molecule has 1 aromatic heterocycles. The molecule has 0 fully saturated rings. The Kier molecular flexibility index (Phi) is 2.88. The van der Waals surface area contributed by atoms with Gasteiger partial charge in [0.25, 0.3) is 0 Å². The Balaban J connectivity index is 2.08. The third-order valence-corrected chi connectivity index (χ3v) is 3.02. The van der Waals surface area contributed by atoms with Gasteiger partial charge < -0.3 is 5.32 Å². The van der Waals surface area contributed by atoms with Crippen molar-refractivity contribution in [3.8, 4) is 0 Å². The van der Waals surface area contributed by atoms with Gasteiger partial charge in [-0.05, 0) is 36.1 Å². The first-order valence-electron chi connectivity index (χ1n) is 6.02. The number of aryl methyl sites for hydroxylation is 1. The fraction of sp³-hybridized carbons (Fsp3) is 0.0625. The Labute approximate surface area is 110 Å². The average molecular weight is 251 g/mol. The maximum Gasteiger partial charge on any atom is 0.138 e. The number of aromatic nitrogens is 1. The second kappa shape index (κ2) is 4.69. The van der Waals surface area contributed by atoms with Gasteiger partial charge >= 0.3 is 0 Å². The van der Waals surface area contributed by atoms with Gasteiger partial charge in [-0.25, -0.2) is 9.37 Å². The summed E-state index contributed by atoms with van der Waals surface area (Å²) in [4.78, 5) is 4.28. The topological polar surface area (TPSA) is 24.9 Å². The van der Waals surface area contributed by atoms with Crippen LogP contribution in [0.3, 0.4) is 0 Å². The molecular weight excluding hydrogens is 239 g/mol. The van der Waals surface area contributed by atoms with Gasteiger partial charge in [-0.1, -0.05) is 24.3 Å². The van der Waals surface area contributed by atoms with Crippen molar-refractivity contribution in [1.82, 2.24) is 4.98 Å². The number of hydrogen-bond acceptors (Lipinski definition) is 2. The molecule has 0 amide bonds. The molecule has 1 N–H and O–H groups in total. The molecule has 0 unspecified atom stereocenters. The number of benzene rings is 2. The van der Waals surface area contributed by atoms with E-state index < -0.39 is 0 Å². The number of anilines is 2. The van der Waals surface area contributed by atoms with Crippen LogP contribution < -0.4 is 5.32 Å². The number of halogens is 1. The minimum atomic E-state index is -0.270. The zero-order valence-corrected chi connectivity index (χ0v) is 10.4. The first-order valence-corrected chi connectivity index (χ1v) is 6.02. The lowest BCUT2D eigenvalue weighted by Gasteiger charge is -2.09. The van der Waals surface area contributed by atoms with Crippen LogP contribution in [0.5, 0.6) is 0 Å². The van der Waals surface area contributed by atoms with Crippen molar-refractivity contribution in [1.29, 1.82) is 0 Å². The number of fused-ring (bicyclic) bond motifs is 1. The lowest BCUT2D eigenvalue weighted by molar-refractivity contribution is 0.628. The molecule has 1 heterocycles. The van der Waals surface area contributed by atoms with E-state index in [0.717, 1.165) is 16.3 Å². The van der Waals surface area contributed by atoms with E-state index in [9.17, 15) is 4.39 Å². The van der Waals surface area contributed by atoms with Crippen LogP contribution in [0.1, 0.15) is 5.56 Å². The van der Waals surface area contributed by atoms with Gasteiger partial charge in [0.05, 0.1) is 0 Å². The highest BCUT2D eigenvalue weighted by Crippen LogP contribution is 2.26. The molecule has 0 atom stereocenters. The predicted molar refractivity (Wildman–Crippen MR) is 75.0 cm³/mol. The highest BCUT2D eigenvalue weighted by Gasteiger charge is 2.05. The van der Waals surface area contributed by atoms with E-state index in [1.165, 1.54) is 12.1 Å². The van der Waals surface area contributed by atoms with Crippen LogP contribution in [0.2, 0.25) is 0 Å². The Hall–Kier alpha value is -2.42. The summed E-state index contributed by atoms with van der Waals surface area (Å²) in [6, 6.07) is 15.5. The third kappa shape index (κ3) is 2.27. The molecule has 2 nitrogen and oxygen atoms in total. The van der Waals surface area contributed by atoms with Gasteiger partial charge in [-0.15, -0.1) is 0 Å². The summed E-state index contributed by atoms with van der Waals surface area (Å²) < 4.78 is 13.2. The summed E-state index contributed by atoms with van der Waals surface area (Å²) in [6.45, 7) is 2.03. The van der Waals surface area contributed by atoms with Crippen LogP contribution in [0.15, 0.2) is 48.7 Å². The average Bonchev–Trinajstić information content (AvgIpc) is 2.40. The Morgan fingerprint density at radius 1 is 1.16 bits per heavy atom. The van der Waals surface area contributed by atoms with E-state index >= 15 is 0 Å². The fourth-order valence-electron chi connectivity index (χ4n) is 2.09. The summed E-state index contributed by atoms with van der Waals surface area (Å²) >= 11 is 0. The van der Waals surface area contributed by atoms with Gasteiger partial charge in [0, 0.05) is 23.3 Å². The molecule has 0 aliphatic heterocycles. The van der Waals surface area contributed by atoms with E-state index in [0.29, 0.717) is 11.5 Å². The van der Waals surface area contributed by atoms with Crippen LogP contribution in [-0.4, -0.2) is 4.98 Å². The Morgan fingerprint density at radius 2 is 2.00 bits per heavy atom. The predicted octanol–water partition coefficient (Wildman–Crippen LogP) is 4.23. The van der Waals surface area contributed by atoms with Crippen molar-refractivity contribution in [3.05, 3.63) is 66.1 Å². The molecule has 1 radical (unpaired) electrons. The summed E-state index contributed by atoms with van der Waals surface area (Å²) in [5.74, 6) is 0.441. The van der Waals surface area contributed by atoms with Crippen LogP contribution in [0.25, 0.3) is 10.8 Å². The first-order chi connectivity index (χ1) is 9.24. The molecule has 3 rings (SSSR count). The zero-order valence-electron chi connectivity index (χ0n) is 10.4. The van der Waals surface area contributed by atoms with Crippen LogP contribution in [-0.2, 0) is 0 Å². The number of nitrogens with zero attached hydrogens (tertiary/aromatic N) is 1. The van der Waals surface area contributed by atoms with Gasteiger partial charge in [0.15, 0.2) is 0 Å². The SMILES string of the molecule is Cc1cccc2c(Nc3cccc(F)c3)nc[c]c12. The molecule has 2 aromatic carbocycles. The molecule has 0 saturated carbocycles. The molecule has 0 spiro atoms. The lowest BCUT2D eigenvalue weighted by atomic mass is 10.1. The minimum absolute atomic E-state index is 0.270. The molecular formula is C16H12FN2. The Morgan fingerprint density at radius 3 is 2.84 bits per heavy atom. The van der Waals surface area contributed by atoms with Crippen molar-refractivity contribution in [2.75, 3.05) is 5.32 Å². The fourth-order valence-corrected chi connectivity index (χ4v) is 2.09. The molecule has 0 aliphatic carbocycles. The molecule has 3 heteroatoms. The molecule has 3 aromatic rings. The molecule has 19 heavy (non-hydrogen) atoms. The first kappa shape index (κ1) is 11.7. The highest BCUT2D eigenvalue weighted by atomic mass is 19.1. The molecule has 0 aliphatic rings. The number of rotatable bonds is 2. The van der Waals surface area contributed by atoms with Gasteiger partial charge in [0.2, 0.25) is 0 Å². The number of nitrogens with one attached hydrogen (secondary N) is 1. The van der Waals surface area contributed by atoms with E-state index in [2.05, 4.69) is 16.4 Å². The molecule has 93 valence electrons. The van der Waals surface area contributed by atoms with E-state index in [1.807, 2.05) is 31.2 Å². The van der Waals surface area contributed by atoms with Crippen molar-refractivity contribution < 1.29 is 4.39 Å². The largest absolute Gasteiger partial charge is 0.340 e. The lowest BCUT2D eigenvalue weighted by Crippen LogP contribution is -1.95. The van der Waals surface area contributed by atoms with E-state index in [4.69, 9.17) is 0 Å². The smallest absolute Gasteiger partial charge is 0.138 e. The Bertz CT molecular complexity index is 738. The second-order valence-corrected chi connectivity index (χ2v) is 4.38. The monoisotopic (exact) mass is 251 g/mol. The highest BCUT2D eigenvalue weighted by molar-refractivity contribution is 5.94. The van der Waals surface area contributed by atoms with Crippen LogP contribution in [0.4, 0.5) is 15.9 Å². The number of pyridine rings is 1. The second-order valence-electron chi connectivity index (χ2n) is 4.38. The quantitative estimate of drug-likeness (QED) is 0.737. The van der Waals surface area contributed by atoms with E-state index in [1.54, 1.807) is 12.3 Å². The molecule has 0 bridgehead atoms. The van der Waals surface area contributed by atoms with Gasteiger partial charge in [-0.3, -0.25) is 0 Å². The maximum atomic E-state index is 13.2. The van der Waals surface area contributed by atoms with Crippen LogP contribution >= 0.6 is 0 Å². The minimum Gasteiger partial charge on any atom is -0.340 e. The van der Waals surface area contributed by atoms with Crippen molar-refractivity contribution in [2.24, 2.45) is 0 Å². The van der Waals surface area contributed by atoms with Gasteiger partial charge in [0.1, 0.15) is 11.6 Å². The summed E-state index contributed by atoms with van der Waals surface area (Å²) in [5.41, 5.74) is 1.82. The van der Waals surface area contributed by atoms with E-state index in [-0.39, 0.29) is 5.82 Å². The summed E-state index contributed by atoms with van der Waals surface area (Å²) in [5, 5.41) is 5.15. The number of hydrogen-bond donors (Lipinski definition) is 1. The van der Waals surface area contributed by atoms with Gasteiger partial charge in [-0.2, -0.15) is 0 Å². The summed E-state index contributed by atoms with van der Waals surface area (Å²) in [6.07, 6.45) is 1.64. The summed E-state index contributed by atoms with van der Waals surface area (Å²) in [7, 11) is 0. The van der Waals surface area contributed by atoms with Crippen molar-refractivity contribution >= 4 is 22.3 Å². The van der Waals surface area contributed by atoms with Crippen LogP contribution in [0, 0.1) is 18.8 Å². The van der Waals surface area contributed by atoms with Crippen molar-refractivity contribution in [2.45, 2.75) is 6.92 Å². The molecule has 0 saturated heterocycles. The van der Waals surface area contributed by atoms with Crippen molar-refractivity contribution in [3.63, 3.8) is 0 Å². The zero-order chi connectivity index (χ0) is 13.2. The maximum absolute atomic E-state index is 13.2. The normalized spacial score (nSPS) is 10.6. The standard InChI is InChI=1S/C16H12FN2/c1-11-4-2-7-15-14(11)8-9-18-16(15)19-13-6-3-5-12(17)10-13/h2-7,9-10H,1H3,(H,18,19).